The van der Waals surface area contributed by atoms with Crippen molar-refractivity contribution < 1.29 is 22.3 Å². The van der Waals surface area contributed by atoms with E-state index in [4.69, 9.17) is 10.00 Å². The van der Waals surface area contributed by atoms with Crippen molar-refractivity contribution in [1.29, 1.82) is 5.26 Å². The third-order valence-electron chi connectivity index (χ3n) is 6.70. The van der Waals surface area contributed by atoms with Crippen molar-refractivity contribution >= 4 is 11.6 Å². The molecule has 182 valence electrons. The van der Waals surface area contributed by atoms with E-state index in [0.717, 1.165) is 37.8 Å². The summed E-state index contributed by atoms with van der Waals surface area (Å²) < 4.78 is 59.8. The number of morpholine rings is 1. The van der Waals surface area contributed by atoms with E-state index in [1.54, 1.807) is 4.90 Å². The van der Waals surface area contributed by atoms with Gasteiger partial charge in [0.25, 0.3) is 0 Å². The number of halogens is 4. The fraction of sp³-hybridized carbons (Fsp3) is 0.542. The highest BCUT2D eigenvalue weighted by atomic mass is 19.4. The molecule has 10 heteroatoms. The predicted molar refractivity (Wildman–Crippen MR) is 119 cm³/mol. The lowest BCUT2D eigenvalue weighted by molar-refractivity contribution is -0.137. The Morgan fingerprint density at radius 2 is 1.79 bits per heavy atom. The predicted octanol–water partition coefficient (Wildman–Crippen LogP) is 5.34. The molecule has 1 aromatic carbocycles. The summed E-state index contributed by atoms with van der Waals surface area (Å²) in [6.07, 6.45) is 1.43. The Balaban J connectivity index is 1.46. The van der Waals surface area contributed by atoms with Crippen molar-refractivity contribution in [1.82, 2.24) is 9.97 Å². The second-order valence-corrected chi connectivity index (χ2v) is 8.89. The molecule has 2 fully saturated rings. The highest BCUT2D eigenvalue weighted by Crippen LogP contribution is 2.35. The quantitative estimate of drug-likeness (QED) is 0.566. The third kappa shape index (κ3) is 5.58. The van der Waals surface area contributed by atoms with Gasteiger partial charge in [-0.2, -0.15) is 22.8 Å². The number of rotatable bonds is 6. The number of nitrogens with zero attached hydrogens (tertiary/aromatic N) is 4. The summed E-state index contributed by atoms with van der Waals surface area (Å²) in [5.41, 5.74) is -0.143. The molecule has 0 radical (unpaired) electrons. The Morgan fingerprint density at radius 1 is 1.09 bits per heavy atom. The monoisotopic (exact) mass is 477 g/mol. The van der Waals surface area contributed by atoms with Crippen molar-refractivity contribution in [3.05, 3.63) is 47.5 Å². The Hall–Kier alpha value is -2.93. The van der Waals surface area contributed by atoms with E-state index >= 15 is 4.39 Å². The van der Waals surface area contributed by atoms with Crippen LogP contribution in [0.5, 0.6) is 0 Å². The van der Waals surface area contributed by atoms with E-state index < -0.39 is 23.6 Å². The lowest BCUT2D eigenvalue weighted by Crippen LogP contribution is -2.40. The van der Waals surface area contributed by atoms with E-state index in [9.17, 15) is 13.2 Å². The number of nitriles is 1. The van der Waals surface area contributed by atoms with Gasteiger partial charge in [0.1, 0.15) is 6.33 Å². The molecular formula is C24H27F4N5O. The summed E-state index contributed by atoms with van der Waals surface area (Å²) in [4.78, 5) is 9.95. The first-order chi connectivity index (χ1) is 16.4. The molecule has 1 aromatic heterocycles. The number of hydrogen-bond donors (Lipinski definition) is 1. The van der Waals surface area contributed by atoms with Crippen LogP contribution in [0, 0.1) is 29.0 Å². The summed E-state index contributed by atoms with van der Waals surface area (Å²) in [5.74, 6) is 0.466. The van der Waals surface area contributed by atoms with Crippen molar-refractivity contribution in [2.24, 2.45) is 11.8 Å². The Morgan fingerprint density at radius 3 is 2.47 bits per heavy atom. The molecule has 6 nitrogen and oxygen atoms in total. The van der Waals surface area contributed by atoms with Gasteiger partial charge in [0.2, 0.25) is 5.82 Å². The summed E-state index contributed by atoms with van der Waals surface area (Å²) in [6, 6.07) is 6.61. The van der Waals surface area contributed by atoms with Crippen LogP contribution in [0.2, 0.25) is 0 Å². The molecule has 1 aliphatic carbocycles. The summed E-state index contributed by atoms with van der Waals surface area (Å²) >= 11 is 0. The van der Waals surface area contributed by atoms with Gasteiger partial charge in [-0.05, 0) is 55.2 Å². The van der Waals surface area contributed by atoms with Crippen molar-refractivity contribution in [3.8, 4) is 6.07 Å². The van der Waals surface area contributed by atoms with Crippen molar-refractivity contribution in [2.75, 3.05) is 36.5 Å². The maximum Gasteiger partial charge on any atom is 0.416 e. The molecule has 1 atom stereocenters. The second-order valence-electron chi connectivity index (χ2n) is 8.89. The third-order valence-corrected chi connectivity index (χ3v) is 6.70. The fourth-order valence-corrected chi connectivity index (χ4v) is 4.72. The molecule has 1 N–H and O–H groups in total. The molecule has 1 unspecified atom stereocenters. The molecule has 0 amide bonds. The number of benzene rings is 1. The van der Waals surface area contributed by atoms with Gasteiger partial charge in [0, 0.05) is 19.5 Å². The zero-order valence-corrected chi connectivity index (χ0v) is 18.7. The molecule has 1 saturated heterocycles. The van der Waals surface area contributed by atoms with Crippen LogP contribution in [0.15, 0.2) is 30.6 Å². The number of ether oxygens (including phenoxy) is 1. The van der Waals surface area contributed by atoms with Gasteiger partial charge in [-0.15, -0.1) is 0 Å². The minimum atomic E-state index is -4.42. The largest absolute Gasteiger partial charge is 0.416 e. The highest BCUT2D eigenvalue weighted by molar-refractivity contribution is 5.53. The van der Waals surface area contributed by atoms with Gasteiger partial charge >= 0.3 is 6.18 Å². The normalized spacial score (nSPS) is 23.4. The molecule has 2 aliphatic rings. The summed E-state index contributed by atoms with van der Waals surface area (Å²) in [5, 5.41) is 12.0. The van der Waals surface area contributed by atoms with Gasteiger partial charge in [0.15, 0.2) is 11.6 Å². The lowest BCUT2D eigenvalue weighted by Gasteiger charge is -2.37. The number of nitrogens with one attached hydrogen (secondary N) is 1. The topological polar surface area (TPSA) is 74.1 Å². The first-order valence-electron chi connectivity index (χ1n) is 11.5. The van der Waals surface area contributed by atoms with E-state index in [0.29, 0.717) is 43.5 Å². The molecular weight excluding hydrogens is 450 g/mol. The first kappa shape index (κ1) is 24.2. The number of anilines is 2. The van der Waals surface area contributed by atoms with E-state index in [2.05, 4.69) is 21.4 Å². The summed E-state index contributed by atoms with van der Waals surface area (Å²) in [7, 11) is 0. The zero-order valence-electron chi connectivity index (χ0n) is 18.7. The smallest absolute Gasteiger partial charge is 0.377 e. The average Bonchev–Trinajstić information content (AvgIpc) is 2.84. The number of aromatic nitrogens is 2. The van der Waals surface area contributed by atoms with Gasteiger partial charge in [-0.1, -0.05) is 12.1 Å². The maximum absolute atomic E-state index is 15.4. The Labute approximate surface area is 196 Å². The second kappa shape index (κ2) is 10.6. The molecule has 1 aliphatic heterocycles. The first-order valence-corrected chi connectivity index (χ1v) is 11.5. The van der Waals surface area contributed by atoms with Crippen LogP contribution in [0.1, 0.15) is 49.3 Å². The number of hydrogen-bond acceptors (Lipinski definition) is 6. The molecule has 2 heterocycles. The van der Waals surface area contributed by atoms with Crippen LogP contribution in [0.4, 0.5) is 29.2 Å². The lowest BCUT2D eigenvalue weighted by atomic mass is 9.81. The Kier molecular flexibility index (Phi) is 7.51. The van der Waals surface area contributed by atoms with Crippen molar-refractivity contribution in [3.63, 3.8) is 0 Å². The highest BCUT2D eigenvalue weighted by Gasteiger charge is 2.32. The zero-order chi connectivity index (χ0) is 24.1. The molecule has 0 spiro atoms. The standard InChI is InChI=1S/C24H27F4N5O/c25-21-22(30-13-17-3-1-16(2-4-17)9-10-29)31-15-32-23(21)33-11-12-34-14-20(33)18-5-7-19(8-6-18)24(26,27)28/h5-8,15-17,20H,1-4,9,11-14H2,(H,30,31,32). The van der Waals surface area contributed by atoms with Gasteiger partial charge in [-0.3, -0.25) is 0 Å². The molecule has 34 heavy (non-hydrogen) atoms. The fourth-order valence-electron chi connectivity index (χ4n) is 4.72. The van der Waals surface area contributed by atoms with Crippen LogP contribution >= 0.6 is 0 Å². The summed E-state index contributed by atoms with van der Waals surface area (Å²) in [6.45, 7) is 1.50. The molecule has 1 saturated carbocycles. The minimum absolute atomic E-state index is 0.100. The van der Waals surface area contributed by atoms with Gasteiger partial charge in [0.05, 0.1) is 30.9 Å². The van der Waals surface area contributed by atoms with Crippen LogP contribution in [0.3, 0.4) is 0 Å². The van der Waals surface area contributed by atoms with E-state index in [-0.39, 0.29) is 18.2 Å². The average molecular weight is 478 g/mol. The minimum Gasteiger partial charge on any atom is -0.377 e. The van der Waals surface area contributed by atoms with E-state index in [1.165, 1.54) is 18.5 Å². The maximum atomic E-state index is 15.4. The van der Waals surface area contributed by atoms with Crippen LogP contribution < -0.4 is 10.2 Å². The Bertz CT molecular complexity index is 1000. The van der Waals surface area contributed by atoms with Crippen molar-refractivity contribution in [2.45, 2.75) is 44.3 Å². The van der Waals surface area contributed by atoms with Gasteiger partial charge in [-0.25, -0.2) is 9.97 Å². The molecule has 4 rings (SSSR count). The van der Waals surface area contributed by atoms with Gasteiger partial charge < -0.3 is 15.0 Å². The number of alkyl halides is 3. The van der Waals surface area contributed by atoms with Crippen LogP contribution in [-0.2, 0) is 10.9 Å². The molecule has 0 bridgehead atoms. The van der Waals surface area contributed by atoms with Crippen LogP contribution in [0.25, 0.3) is 0 Å². The SMILES string of the molecule is N#CCC1CCC(CNc2ncnc(N3CCOCC3c3ccc(C(F)(F)F)cc3)c2F)CC1. The van der Waals surface area contributed by atoms with Crippen LogP contribution in [-0.4, -0.2) is 36.3 Å². The van der Waals surface area contributed by atoms with E-state index in [1.807, 2.05) is 0 Å². The molecule has 2 aromatic rings.